The summed E-state index contributed by atoms with van der Waals surface area (Å²) in [5.41, 5.74) is 0. The van der Waals surface area contributed by atoms with Gasteiger partial charge in [-0.3, -0.25) is 9.59 Å². The average molecular weight is 619 g/mol. The molecule has 0 bridgehead atoms. The van der Waals surface area contributed by atoms with Crippen LogP contribution in [-0.4, -0.2) is 36.4 Å². The van der Waals surface area contributed by atoms with Gasteiger partial charge in [0.15, 0.2) is 6.10 Å². The summed E-state index contributed by atoms with van der Waals surface area (Å²) in [6, 6.07) is 0. The van der Waals surface area contributed by atoms with Crippen molar-refractivity contribution in [3.05, 3.63) is 36.5 Å². The maximum absolute atomic E-state index is 12.1. The molecule has 5 heteroatoms. The molecular weight excluding hydrogens is 548 g/mol. The lowest BCUT2D eigenvalue weighted by atomic mass is 10.0. The van der Waals surface area contributed by atoms with Gasteiger partial charge in [-0.2, -0.15) is 0 Å². The van der Waals surface area contributed by atoms with Gasteiger partial charge < -0.3 is 14.6 Å². The molecule has 0 heterocycles. The molecule has 1 N–H and O–H groups in total. The van der Waals surface area contributed by atoms with Gasteiger partial charge in [0.05, 0.1) is 6.61 Å². The third kappa shape index (κ3) is 33.0. The van der Waals surface area contributed by atoms with E-state index in [4.69, 9.17) is 9.47 Å². The van der Waals surface area contributed by atoms with Crippen LogP contribution >= 0.6 is 0 Å². The van der Waals surface area contributed by atoms with Crippen molar-refractivity contribution in [2.75, 3.05) is 13.2 Å². The molecule has 0 saturated carbocycles. The highest BCUT2D eigenvalue weighted by Crippen LogP contribution is 2.14. The largest absolute Gasteiger partial charge is 0.462 e. The van der Waals surface area contributed by atoms with Gasteiger partial charge in [0.25, 0.3) is 0 Å². The highest BCUT2D eigenvalue weighted by atomic mass is 16.6. The summed E-state index contributed by atoms with van der Waals surface area (Å²) in [5.74, 6) is -0.607. The fraction of sp³-hybridized carbons (Fsp3) is 0.795. The number of carbonyl (C=O) groups excluding carboxylic acids is 2. The first-order valence-electron chi connectivity index (χ1n) is 18.5. The molecule has 0 fully saturated rings. The van der Waals surface area contributed by atoms with E-state index in [1.54, 1.807) is 0 Å². The molecule has 1 atom stereocenters. The molecule has 0 aromatic heterocycles. The molecule has 5 nitrogen and oxygen atoms in total. The SMILES string of the molecule is CC/C=C/C/C=C/C/C=C/CCCCCCCC(=O)OC[C@H](CO)OC(=O)CCCCCCCCCCCCCCCCC. The quantitative estimate of drug-likeness (QED) is 0.0450. The molecule has 0 aromatic rings. The molecule has 0 rings (SSSR count). The standard InChI is InChI=1S/C39H70O5/c1-3-5-7-9-11-13-15-17-19-21-23-25-27-29-31-33-38(41)43-36-37(35-40)44-39(42)34-32-30-28-26-24-22-20-18-16-14-12-10-8-6-4-2/h5,7,11,13,17,19,37,40H,3-4,6,8-10,12,14-16,18,20-36H2,1-2H3/b7-5+,13-11+,19-17+/t37-/m0/s1. The Balaban J connectivity index is 3.58. The molecule has 0 aromatic carbocycles. The molecule has 0 aliphatic carbocycles. The number of hydrogen-bond acceptors (Lipinski definition) is 5. The van der Waals surface area contributed by atoms with Crippen LogP contribution in [0.5, 0.6) is 0 Å². The van der Waals surface area contributed by atoms with Gasteiger partial charge in [-0.25, -0.2) is 0 Å². The van der Waals surface area contributed by atoms with Crippen molar-refractivity contribution in [3.8, 4) is 0 Å². The zero-order valence-corrected chi connectivity index (χ0v) is 28.9. The average Bonchev–Trinajstić information content (AvgIpc) is 3.02. The Morgan fingerprint density at radius 1 is 0.545 bits per heavy atom. The lowest BCUT2D eigenvalue weighted by molar-refractivity contribution is -0.161. The van der Waals surface area contributed by atoms with E-state index >= 15 is 0 Å². The summed E-state index contributed by atoms with van der Waals surface area (Å²) in [6.07, 6.45) is 42.0. The molecule has 256 valence electrons. The van der Waals surface area contributed by atoms with Gasteiger partial charge in [-0.15, -0.1) is 0 Å². The Labute approximate surface area is 272 Å². The second-order valence-corrected chi connectivity index (χ2v) is 12.3. The summed E-state index contributed by atoms with van der Waals surface area (Å²) >= 11 is 0. The maximum Gasteiger partial charge on any atom is 0.306 e. The van der Waals surface area contributed by atoms with E-state index in [0.717, 1.165) is 64.2 Å². The molecule has 0 aliphatic heterocycles. The van der Waals surface area contributed by atoms with Crippen molar-refractivity contribution in [1.29, 1.82) is 0 Å². The third-order valence-electron chi connectivity index (χ3n) is 7.95. The van der Waals surface area contributed by atoms with Crippen molar-refractivity contribution in [2.45, 2.75) is 187 Å². The minimum Gasteiger partial charge on any atom is -0.462 e. The van der Waals surface area contributed by atoms with Crippen LogP contribution in [0, 0.1) is 0 Å². The Morgan fingerprint density at radius 2 is 0.977 bits per heavy atom. The molecule has 0 aliphatic rings. The van der Waals surface area contributed by atoms with Gasteiger partial charge >= 0.3 is 11.9 Å². The van der Waals surface area contributed by atoms with Gasteiger partial charge in [0.2, 0.25) is 0 Å². The Bertz CT molecular complexity index is 711. The van der Waals surface area contributed by atoms with E-state index in [1.165, 1.54) is 89.9 Å². The molecule has 0 saturated heterocycles. The van der Waals surface area contributed by atoms with Crippen molar-refractivity contribution in [1.82, 2.24) is 0 Å². The van der Waals surface area contributed by atoms with Crippen molar-refractivity contribution < 1.29 is 24.2 Å². The monoisotopic (exact) mass is 619 g/mol. The van der Waals surface area contributed by atoms with E-state index in [2.05, 4.69) is 50.3 Å². The zero-order chi connectivity index (χ0) is 32.2. The predicted molar refractivity (Wildman–Crippen MR) is 187 cm³/mol. The Morgan fingerprint density at radius 3 is 1.48 bits per heavy atom. The zero-order valence-electron chi connectivity index (χ0n) is 28.9. The first-order valence-corrected chi connectivity index (χ1v) is 18.5. The van der Waals surface area contributed by atoms with Crippen molar-refractivity contribution in [3.63, 3.8) is 0 Å². The van der Waals surface area contributed by atoms with E-state index < -0.39 is 6.10 Å². The number of ether oxygens (including phenoxy) is 2. The summed E-state index contributed by atoms with van der Waals surface area (Å²) in [5, 5.41) is 9.53. The number of carbonyl (C=O) groups is 2. The Kier molecular flexibility index (Phi) is 34.1. The lowest BCUT2D eigenvalue weighted by Gasteiger charge is -2.15. The van der Waals surface area contributed by atoms with Crippen LogP contribution in [0.1, 0.15) is 181 Å². The second kappa shape index (κ2) is 35.6. The van der Waals surface area contributed by atoms with Crippen molar-refractivity contribution in [2.24, 2.45) is 0 Å². The van der Waals surface area contributed by atoms with Gasteiger partial charge in [-0.05, 0) is 44.9 Å². The Hall–Kier alpha value is -1.88. The first kappa shape index (κ1) is 42.1. The molecule has 0 radical (unpaired) electrons. The maximum atomic E-state index is 12.1. The van der Waals surface area contributed by atoms with E-state index in [9.17, 15) is 14.7 Å². The van der Waals surface area contributed by atoms with Crippen LogP contribution in [0.4, 0.5) is 0 Å². The minimum absolute atomic E-state index is 0.0725. The number of unbranched alkanes of at least 4 members (excludes halogenated alkanes) is 19. The second-order valence-electron chi connectivity index (χ2n) is 12.3. The third-order valence-corrected chi connectivity index (χ3v) is 7.95. The molecular formula is C39H70O5. The molecule has 0 spiro atoms. The molecule has 0 unspecified atom stereocenters. The minimum atomic E-state index is -0.774. The number of aliphatic hydroxyl groups is 1. The van der Waals surface area contributed by atoms with Crippen LogP contribution < -0.4 is 0 Å². The number of rotatable bonds is 33. The summed E-state index contributed by atoms with van der Waals surface area (Å²) < 4.78 is 10.6. The predicted octanol–water partition coefficient (Wildman–Crippen LogP) is 11.3. The first-order chi connectivity index (χ1) is 21.6. The number of esters is 2. The number of allylic oxidation sites excluding steroid dienone is 6. The lowest BCUT2D eigenvalue weighted by Crippen LogP contribution is -2.28. The summed E-state index contributed by atoms with van der Waals surface area (Å²) in [6.45, 7) is 4.01. The smallest absolute Gasteiger partial charge is 0.306 e. The topological polar surface area (TPSA) is 72.8 Å². The molecule has 0 amide bonds. The summed E-state index contributed by atoms with van der Waals surface area (Å²) in [4.78, 5) is 24.2. The van der Waals surface area contributed by atoms with Gasteiger partial charge in [0.1, 0.15) is 6.61 Å². The molecule has 44 heavy (non-hydrogen) atoms. The van der Waals surface area contributed by atoms with Gasteiger partial charge in [0, 0.05) is 12.8 Å². The van der Waals surface area contributed by atoms with Crippen LogP contribution in [0.25, 0.3) is 0 Å². The van der Waals surface area contributed by atoms with Gasteiger partial charge in [-0.1, -0.05) is 159 Å². The van der Waals surface area contributed by atoms with E-state index in [1.807, 2.05) is 0 Å². The summed E-state index contributed by atoms with van der Waals surface area (Å²) in [7, 11) is 0. The fourth-order valence-electron chi connectivity index (χ4n) is 5.16. The van der Waals surface area contributed by atoms with Crippen LogP contribution in [0.3, 0.4) is 0 Å². The fourth-order valence-corrected chi connectivity index (χ4v) is 5.16. The van der Waals surface area contributed by atoms with Crippen LogP contribution in [0.2, 0.25) is 0 Å². The van der Waals surface area contributed by atoms with Crippen LogP contribution in [0.15, 0.2) is 36.5 Å². The van der Waals surface area contributed by atoms with E-state index in [-0.39, 0.29) is 25.2 Å². The highest BCUT2D eigenvalue weighted by Gasteiger charge is 2.16. The van der Waals surface area contributed by atoms with Crippen LogP contribution in [-0.2, 0) is 19.1 Å². The van der Waals surface area contributed by atoms with E-state index in [0.29, 0.717) is 12.8 Å². The highest BCUT2D eigenvalue weighted by molar-refractivity contribution is 5.70. The van der Waals surface area contributed by atoms with Crippen molar-refractivity contribution >= 4 is 11.9 Å². The number of aliphatic hydroxyl groups excluding tert-OH is 1. The number of hydrogen-bond donors (Lipinski definition) is 1. The normalized spacial score (nSPS) is 12.5.